The molecule has 4 heteroatoms. The highest BCUT2D eigenvalue weighted by Gasteiger charge is 2.17. The molecule has 0 saturated carbocycles. The first kappa shape index (κ1) is 14.2. The lowest BCUT2D eigenvalue weighted by Gasteiger charge is -2.20. The molecule has 0 aromatic heterocycles. The van der Waals surface area contributed by atoms with E-state index in [9.17, 15) is 4.79 Å². The van der Waals surface area contributed by atoms with Crippen LogP contribution in [0.2, 0.25) is 0 Å². The lowest BCUT2D eigenvalue weighted by Crippen LogP contribution is -2.31. The second-order valence-electron chi connectivity index (χ2n) is 4.11. The van der Waals surface area contributed by atoms with Crippen LogP contribution < -0.4 is 0 Å². The Bertz CT molecular complexity index is 381. The molecule has 0 heterocycles. The van der Waals surface area contributed by atoms with Crippen molar-refractivity contribution in [2.75, 3.05) is 20.7 Å². The second-order valence-corrected chi connectivity index (χ2v) is 5.22. The smallest absolute Gasteiger partial charge is 0.320 e. The van der Waals surface area contributed by atoms with Gasteiger partial charge in [0, 0.05) is 13.1 Å². The van der Waals surface area contributed by atoms with Crippen molar-refractivity contribution >= 4 is 21.9 Å². The molecule has 0 amide bonds. The van der Waals surface area contributed by atoms with Crippen LogP contribution in [0.15, 0.2) is 24.3 Å². The van der Waals surface area contributed by atoms with E-state index in [2.05, 4.69) is 44.6 Å². The summed E-state index contributed by atoms with van der Waals surface area (Å²) >= 11 is 3.32. The summed E-state index contributed by atoms with van der Waals surface area (Å²) in [7, 11) is 3.39. The van der Waals surface area contributed by atoms with Gasteiger partial charge >= 0.3 is 5.97 Å². The Morgan fingerprint density at radius 1 is 1.47 bits per heavy atom. The van der Waals surface area contributed by atoms with Crippen LogP contribution in [0.3, 0.4) is 0 Å². The number of hydrogen-bond donors (Lipinski definition) is 0. The summed E-state index contributed by atoms with van der Waals surface area (Å²) in [6, 6.07) is 8.25. The Morgan fingerprint density at radius 3 is 2.71 bits per heavy atom. The number of benzene rings is 1. The van der Waals surface area contributed by atoms with Crippen LogP contribution in [0.5, 0.6) is 0 Å². The number of aryl methyl sites for hydroxylation is 1. The van der Waals surface area contributed by atoms with Crippen LogP contribution in [0.25, 0.3) is 0 Å². The number of ether oxygens (including phenoxy) is 1. The Hall–Kier alpha value is -0.870. The zero-order valence-corrected chi connectivity index (χ0v) is 12.0. The molecule has 1 aromatic carbocycles. The van der Waals surface area contributed by atoms with Gasteiger partial charge in [0.2, 0.25) is 0 Å². The maximum atomic E-state index is 11.3. The Balaban J connectivity index is 2.53. The summed E-state index contributed by atoms with van der Waals surface area (Å²) in [6.07, 6.45) is 0. The van der Waals surface area contributed by atoms with E-state index in [1.807, 2.05) is 19.2 Å². The van der Waals surface area contributed by atoms with Gasteiger partial charge in [-0.25, -0.2) is 0 Å². The summed E-state index contributed by atoms with van der Waals surface area (Å²) in [5.74, 6) is -0.235. The van der Waals surface area contributed by atoms with Gasteiger partial charge in [-0.1, -0.05) is 40.2 Å². The SMILES string of the molecule is COC(=O)C(Br)CN(C)Cc1ccccc1C. The van der Waals surface area contributed by atoms with Crippen molar-refractivity contribution in [1.82, 2.24) is 4.90 Å². The lowest BCUT2D eigenvalue weighted by molar-refractivity contribution is -0.140. The third kappa shape index (κ3) is 4.48. The van der Waals surface area contributed by atoms with Crippen molar-refractivity contribution in [3.63, 3.8) is 0 Å². The van der Waals surface area contributed by atoms with Gasteiger partial charge < -0.3 is 9.64 Å². The normalized spacial score (nSPS) is 12.5. The average molecular weight is 300 g/mol. The van der Waals surface area contributed by atoms with E-state index >= 15 is 0 Å². The van der Waals surface area contributed by atoms with Crippen LogP contribution in [-0.4, -0.2) is 36.4 Å². The molecule has 3 nitrogen and oxygen atoms in total. The second kappa shape index (κ2) is 6.77. The largest absolute Gasteiger partial charge is 0.468 e. The van der Waals surface area contributed by atoms with Crippen LogP contribution in [0.4, 0.5) is 0 Å². The highest BCUT2D eigenvalue weighted by molar-refractivity contribution is 9.10. The molecule has 1 aromatic rings. The predicted molar refractivity (Wildman–Crippen MR) is 72.2 cm³/mol. The molecule has 0 aliphatic carbocycles. The van der Waals surface area contributed by atoms with E-state index in [0.717, 1.165) is 6.54 Å². The monoisotopic (exact) mass is 299 g/mol. The van der Waals surface area contributed by atoms with E-state index in [1.54, 1.807) is 0 Å². The fourth-order valence-electron chi connectivity index (χ4n) is 1.62. The minimum atomic E-state index is -0.276. The molecule has 1 atom stereocenters. The van der Waals surface area contributed by atoms with Crippen LogP contribution in [0, 0.1) is 6.92 Å². The van der Waals surface area contributed by atoms with Crippen LogP contribution in [0.1, 0.15) is 11.1 Å². The Kier molecular flexibility index (Phi) is 5.65. The van der Waals surface area contributed by atoms with Gasteiger partial charge in [-0.05, 0) is 25.1 Å². The van der Waals surface area contributed by atoms with Crippen molar-refractivity contribution in [1.29, 1.82) is 0 Å². The van der Waals surface area contributed by atoms with E-state index < -0.39 is 0 Å². The number of carbonyl (C=O) groups excluding carboxylic acids is 1. The summed E-state index contributed by atoms with van der Waals surface area (Å²) in [5, 5.41) is 0. The van der Waals surface area contributed by atoms with Crippen molar-refractivity contribution in [2.24, 2.45) is 0 Å². The number of alkyl halides is 1. The highest BCUT2D eigenvalue weighted by Crippen LogP contribution is 2.11. The number of nitrogens with zero attached hydrogens (tertiary/aromatic N) is 1. The molecule has 94 valence electrons. The Labute approximate surface area is 111 Å². The first-order valence-corrected chi connectivity index (χ1v) is 6.41. The van der Waals surface area contributed by atoms with Crippen LogP contribution in [-0.2, 0) is 16.1 Å². The minimum absolute atomic E-state index is 0.235. The van der Waals surface area contributed by atoms with Gasteiger partial charge in [0.15, 0.2) is 0 Å². The number of esters is 1. The number of halogens is 1. The van der Waals surface area contributed by atoms with Crippen molar-refractivity contribution in [3.8, 4) is 0 Å². The van der Waals surface area contributed by atoms with Gasteiger partial charge in [-0.15, -0.1) is 0 Å². The molecule has 0 radical (unpaired) electrons. The van der Waals surface area contributed by atoms with Crippen molar-refractivity contribution < 1.29 is 9.53 Å². The van der Waals surface area contributed by atoms with Gasteiger partial charge in [-0.2, -0.15) is 0 Å². The lowest BCUT2D eigenvalue weighted by atomic mass is 10.1. The van der Waals surface area contributed by atoms with Gasteiger partial charge in [-0.3, -0.25) is 4.79 Å². The maximum Gasteiger partial charge on any atom is 0.320 e. The van der Waals surface area contributed by atoms with Gasteiger partial charge in [0.05, 0.1) is 7.11 Å². The number of methoxy groups -OCH3 is 1. The molecule has 0 aliphatic heterocycles. The minimum Gasteiger partial charge on any atom is -0.468 e. The fourth-order valence-corrected chi connectivity index (χ4v) is 2.30. The number of rotatable bonds is 5. The molecule has 17 heavy (non-hydrogen) atoms. The van der Waals surface area contributed by atoms with Crippen molar-refractivity contribution in [2.45, 2.75) is 18.3 Å². The zero-order chi connectivity index (χ0) is 12.8. The third-order valence-electron chi connectivity index (χ3n) is 2.63. The summed E-state index contributed by atoms with van der Waals surface area (Å²) in [5.41, 5.74) is 2.54. The molecule has 1 rings (SSSR count). The van der Waals surface area contributed by atoms with Gasteiger partial charge in [0.25, 0.3) is 0 Å². The predicted octanol–water partition coefficient (Wildman–Crippen LogP) is 2.36. The number of hydrogen-bond acceptors (Lipinski definition) is 3. The first-order valence-electron chi connectivity index (χ1n) is 5.49. The molecular weight excluding hydrogens is 282 g/mol. The van der Waals surface area contributed by atoms with E-state index in [-0.39, 0.29) is 10.8 Å². The molecular formula is C13H18BrNO2. The van der Waals surface area contributed by atoms with Crippen LogP contribution >= 0.6 is 15.9 Å². The molecule has 0 fully saturated rings. The topological polar surface area (TPSA) is 29.5 Å². The quantitative estimate of drug-likeness (QED) is 0.617. The van der Waals surface area contributed by atoms with E-state index in [1.165, 1.54) is 18.2 Å². The van der Waals surface area contributed by atoms with E-state index in [0.29, 0.717) is 6.54 Å². The fraction of sp³-hybridized carbons (Fsp3) is 0.462. The zero-order valence-electron chi connectivity index (χ0n) is 10.4. The third-order valence-corrected chi connectivity index (χ3v) is 3.29. The van der Waals surface area contributed by atoms with Gasteiger partial charge in [0.1, 0.15) is 4.83 Å². The molecule has 0 saturated heterocycles. The summed E-state index contributed by atoms with van der Waals surface area (Å²) in [4.78, 5) is 13.1. The molecule has 1 unspecified atom stereocenters. The average Bonchev–Trinajstić information content (AvgIpc) is 2.31. The van der Waals surface area contributed by atoms with E-state index in [4.69, 9.17) is 0 Å². The summed E-state index contributed by atoms with van der Waals surface area (Å²) in [6.45, 7) is 3.54. The maximum absolute atomic E-state index is 11.3. The highest BCUT2D eigenvalue weighted by atomic mass is 79.9. The standard InChI is InChI=1S/C13H18BrNO2/c1-10-6-4-5-7-11(10)8-15(2)9-12(14)13(16)17-3/h4-7,12H,8-9H2,1-3H3. The molecule has 0 bridgehead atoms. The molecule has 0 spiro atoms. The van der Waals surface area contributed by atoms with Crippen molar-refractivity contribution in [3.05, 3.63) is 35.4 Å². The Morgan fingerprint density at radius 2 is 2.12 bits per heavy atom. The first-order chi connectivity index (χ1) is 8.04. The molecule has 0 N–H and O–H groups in total. The number of carbonyl (C=O) groups is 1. The summed E-state index contributed by atoms with van der Waals surface area (Å²) < 4.78 is 4.67. The molecule has 0 aliphatic rings.